The number of nitrogens with zero attached hydrogens (tertiary/aromatic N) is 3. The molecule has 5 rings (SSSR count). The monoisotopic (exact) mass is 488 g/mol. The number of amides is 2. The van der Waals surface area contributed by atoms with Gasteiger partial charge in [0.2, 0.25) is 5.82 Å². The van der Waals surface area contributed by atoms with Crippen molar-refractivity contribution in [3.63, 3.8) is 0 Å². The number of hydrogen-bond donors (Lipinski definition) is 1. The van der Waals surface area contributed by atoms with Gasteiger partial charge in [-0.15, -0.1) is 0 Å². The van der Waals surface area contributed by atoms with Gasteiger partial charge < -0.3 is 9.84 Å². The molecule has 1 atom stereocenters. The van der Waals surface area contributed by atoms with Crippen molar-refractivity contribution >= 4 is 28.9 Å². The van der Waals surface area contributed by atoms with Gasteiger partial charge in [0, 0.05) is 16.3 Å². The van der Waals surface area contributed by atoms with Gasteiger partial charge in [0.15, 0.2) is 0 Å². The highest BCUT2D eigenvalue weighted by atomic mass is 35.5. The first kappa shape index (κ1) is 22.8. The number of rotatable bonds is 4. The van der Waals surface area contributed by atoms with Crippen LogP contribution in [0, 0.1) is 19.7 Å². The van der Waals surface area contributed by atoms with Crippen molar-refractivity contribution in [2.75, 3.05) is 4.90 Å². The summed E-state index contributed by atoms with van der Waals surface area (Å²) >= 11 is 6.21. The van der Waals surface area contributed by atoms with Gasteiger partial charge in [-0.1, -0.05) is 58.7 Å². The third kappa shape index (κ3) is 4.31. The zero-order valence-corrected chi connectivity index (χ0v) is 20.1. The van der Waals surface area contributed by atoms with Crippen molar-refractivity contribution in [1.29, 1.82) is 0 Å². The Morgan fingerprint density at radius 3 is 2.51 bits per heavy atom. The molecule has 1 aliphatic rings. The number of nitrogens with one attached hydrogen (secondary N) is 1. The molecule has 0 fully saturated rings. The average molecular weight is 489 g/mol. The predicted molar refractivity (Wildman–Crippen MR) is 133 cm³/mol. The van der Waals surface area contributed by atoms with Gasteiger partial charge in [0.05, 0.1) is 17.3 Å². The van der Waals surface area contributed by atoms with Crippen LogP contribution in [0.15, 0.2) is 77.0 Å². The fraction of sp³-hybridized carbons (Fsp3) is 0.148. The molecule has 0 bridgehead atoms. The number of carbonyl (C=O) groups is 1. The lowest BCUT2D eigenvalue weighted by molar-refractivity contribution is 0.244. The summed E-state index contributed by atoms with van der Waals surface area (Å²) in [6.07, 6.45) is 0. The minimum Gasteiger partial charge on any atom is -0.334 e. The quantitative estimate of drug-likeness (QED) is 0.341. The lowest BCUT2D eigenvalue weighted by Crippen LogP contribution is -2.46. The summed E-state index contributed by atoms with van der Waals surface area (Å²) in [6.45, 7) is 5.72. The molecule has 1 aromatic heterocycles. The maximum Gasteiger partial charge on any atom is 0.326 e. The van der Waals surface area contributed by atoms with Gasteiger partial charge in [0.1, 0.15) is 5.82 Å². The summed E-state index contributed by atoms with van der Waals surface area (Å²) < 4.78 is 19.4. The van der Waals surface area contributed by atoms with Crippen LogP contribution in [-0.4, -0.2) is 16.2 Å². The lowest BCUT2D eigenvalue weighted by atomic mass is 9.94. The number of anilines is 1. The van der Waals surface area contributed by atoms with Crippen molar-refractivity contribution in [2.45, 2.75) is 26.8 Å². The molecule has 0 aliphatic carbocycles. The van der Waals surface area contributed by atoms with Crippen LogP contribution < -0.4 is 10.2 Å². The van der Waals surface area contributed by atoms with Gasteiger partial charge in [0.25, 0.3) is 5.89 Å². The zero-order chi connectivity index (χ0) is 24.7. The maximum atomic E-state index is 13.8. The first-order chi connectivity index (χ1) is 16.8. The Morgan fingerprint density at radius 2 is 1.80 bits per heavy atom. The van der Waals surface area contributed by atoms with Gasteiger partial charge in [-0.05, 0) is 62.2 Å². The number of halogens is 2. The molecule has 2 heterocycles. The van der Waals surface area contributed by atoms with Crippen LogP contribution >= 0.6 is 11.6 Å². The third-order valence-electron chi connectivity index (χ3n) is 6.03. The summed E-state index contributed by atoms with van der Waals surface area (Å²) in [5.41, 5.74) is 5.25. The van der Waals surface area contributed by atoms with Crippen LogP contribution in [0.1, 0.15) is 35.5 Å². The summed E-state index contributed by atoms with van der Waals surface area (Å²) in [5, 5.41) is 7.78. The molecule has 0 saturated carbocycles. The minimum atomic E-state index is -0.520. The second-order valence-corrected chi connectivity index (χ2v) is 8.90. The normalized spacial score (nSPS) is 16.0. The Labute approximate surface area is 207 Å². The second kappa shape index (κ2) is 9.00. The number of aryl methyl sites for hydroxylation is 2. The van der Waals surface area contributed by atoms with Crippen molar-refractivity contribution in [3.05, 3.63) is 106 Å². The van der Waals surface area contributed by atoms with Crippen molar-refractivity contribution < 1.29 is 13.7 Å². The minimum absolute atomic E-state index is 0.239. The Hall–Kier alpha value is -3.97. The number of benzene rings is 3. The van der Waals surface area contributed by atoms with E-state index in [1.54, 1.807) is 29.2 Å². The first-order valence-corrected chi connectivity index (χ1v) is 11.4. The molecule has 8 heteroatoms. The standard InChI is InChI=1S/C27H22ClFN4O2/c1-15-7-9-18(10-8-15)24-23(26-31-25(32-35-26)19-5-4-6-20(29)14-19)17(3)33(27(34)30-24)21-11-12-22(28)16(2)13-21/h4-14,24H,1-3H3,(H,30,34). The van der Waals surface area contributed by atoms with Crippen LogP contribution in [0.2, 0.25) is 5.02 Å². The molecule has 35 heavy (non-hydrogen) atoms. The Kier molecular flexibility index (Phi) is 5.86. The Morgan fingerprint density at radius 1 is 1.03 bits per heavy atom. The van der Waals surface area contributed by atoms with E-state index in [-0.39, 0.29) is 17.7 Å². The highest BCUT2D eigenvalue weighted by Gasteiger charge is 2.36. The fourth-order valence-electron chi connectivity index (χ4n) is 4.19. The molecule has 3 aromatic carbocycles. The van der Waals surface area contributed by atoms with E-state index in [1.807, 2.05) is 51.1 Å². The number of hydrogen-bond acceptors (Lipinski definition) is 4. The van der Waals surface area contributed by atoms with E-state index in [9.17, 15) is 9.18 Å². The molecule has 2 amide bonds. The van der Waals surface area contributed by atoms with Crippen LogP contribution in [0.4, 0.5) is 14.9 Å². The van der Waals surface area contributed by atoms with E-state index < -0.39 is 11.9 Å². The van der Waals surface area contributed by atoms with Gasteiger partial charge >= 0.3 is 6.03 Å². The number of allylic oxidation sites excluding steroid dienone is 1. The van der Waals surface area contributed by atoms with Gasteiger partial charge in [-0.3, -0.25) is 4.90 Å². The van der Waals surface area contributed by atoms with Crippen molar-refractivity contribution in [3.8, 4) is 11.4 Å². The second-order valence-electron chi connectivity index (χ2n) is 8.49. The van der Waals surface area contributed by atoms with E-state index >= 15 is 0 Å². The largest absolute Gasteiger partial charge is 0.334 e. The SMILES string of the molecule is CC1=C(c2nc(-c3cccc(F)c3)no2)C(c2ccc(C)cc2)NC(=O)N1c1ccc(Cl)c(C)c1. The molecular weight excluding hydrogens is 467 g/mol. The Balaban J connectivity index is 1.66. The summed E-state index contributed by atoms with van der Waals surface area (Å²) in [4.78, 5) is 19.5. The molecule has 4 aromatic rings. The van der Waals surface area contributed by atoms with Crippen molar-refractivity contribution in [2.24, 2.45) is 0 Å². The molecule has 6 nitrogen and oxygen atoms in total. The zero-order valence-electron chi connectivity index (χ0n) is 19.3. The van der Waals surface area contributed by atoms with E-state index in [4.69, 9.17) is 16.1 Å². The number of urea groups is 1. The molecular formula is C27H22ClFN4O2. The van der Waals surface area contributed by atoms with Crippen molar-refractivity contribution in [1.82, 2.24) is 15.5 Å². The topological polar surface area (TPSA) is 71.3 Å². The fourth-order valence-corrected chi connectivity index (χ4v) is 4.30. The van der Waals surface area contributed by atoms with Crippen LogP contribution in [0.3, 0.4) is 0 Å². The molecule has 1 aliphatic heterocycles. The highest BCUT2D eigenvalue weighted by Crippen LogP contribution is 2.39. The molecule has 1 unspecified atom stereocenters. The predicted octanol–water partition coefficient (Wildman–Crippen LogP) is 6.85. The first-order valence-electron chi connectivity index (χ1n) is 11.1. The van der Waals surface area contributed by atoms with Crippen LogP contribution in [-0.2, 0) is 0 Å². The summed E-state index contributed by atoms with van der Waals surface area (Å²) in [5.74, 6) is 0.104. The average Bonchev–Trinajstić information content (AvgIpc) is 3.31. The highest BCUT2D eigenvalue weighted by molar-refractivity contribution is 6.31. The number of carbonyl (C=O) groups excluding carboxylic acids is 1. The maximum absolute atomic E-state index is 13.8. The summed E-state index contributed by atoms with van der Waals surface area (Å²) in [7, 11) is 0. The number of aromatic nitrogens is 2. The van der Waals surface area contributed by atoms with Gasteiger partial charge in [-0.2, -0.15) is 4.98 Å². The molecule has 0 saturated heterocycles. The molecule has 1 N–H and O–H groups in total. The van der Waals surface area contributed by atoms with Crippen LogP contribution in [0.25, 0.3) is 17.0 Å². The van der Waals surface area contributed by atoms with E-state index in [0.29, 0.717) is 27.5 Å². The third-order valence-corrected chi connectivity index (χ3v) is 6.46. The van der Waals surface area contributed by atoms with E-state index in [1.165, 1.54) is 12.1 Å². The van der Waals surface area contributed by atoms with E-state index in [2.05, 4.69) is 15.5 Å². The molecule has 0 spiro atoms. The summed E-state index contributed by atoms with van der Waals surface area (Å²) in [6, 6.07) is 18.5. The van der Waals surface area contributed by atoms with Gasteiger partial charge in [-0.25, -0.2) is 9.18 Å². The molecule has 176 valence electrons. The molecule has 0 radical (unpaired) electrons. The smallest absolute Gasteiger partial charge is 0.326 e. The van der Waals surface area contributed by atoms with Crippen LogP contribution in [0.5, 0.6) is 0 Å². The van der Waals surface area contributed by atoms with E-state index in [0.717, 1.165) is 16.7 Å². The lowest BCUT2D eigenvalue weighted by Gasteiger charge is -2.35. The Bertz CT molecular complexity index is 1460.